The van der Waals surface area contributed by atoms with E-state index in [9.17, 15) is 4.79 Å². The van der Waals surface area contributed by atoms with Crippen molar-refractivity contribution < 1.29 is 14.3 Å². The van der Waals surface area contributed by atoms with Crippen molar-refractivity contribution in [3.63, 3.8) is 0 Å². The van der Waals surface area contributed by atoms with Crippen LogP contribution in [-0.4, -0.2) is 38.3 Å². The molecule has 0 spiro atoms. The number of rotatable bonds is 6. The molecule has 0 saturated heterocycles. The molecule has 0 aromatic heterocycles. The van der Waals surface area contributed by atoms with Crippen LogP contribution in [-0.2, 0) is 6.54 Å². The summed E-state index contributed by atoms with van der Waals surface area (Å²) in [6, 6.07) is 10.9. The SMILES string of the molecule is COc1cc(CN(C)C(=O)c2ccccc2N)c(SC)cc1OC.Cl. The Balaban J connectivity index is 0.00000312. The summed E-state index contributed by atoms with van der Waals surface area (Å²) < 4.78 is 10.7. The highest BCUT2D eigenvalue weighted by Gasteiger charge is 2.17. The number of carbonyl (C=O) groups excluding carboxylic acids is 1. The van der Waals surface area contributed by atoms with Gasteiger partial charge in [0.15, 0.2) is 11.5 Å². The first-order valence-electron chi connectivity index (χ1n) is 7.40. The molecule has 0 unspecified atom stereocenters. The summed E-state index contributed by atoms with van der Waals surface area (Å²) in [6.45, 7) is 0.448. The summed E-state index contributed by atoms with van der Waals surface area (Å²) in [5.41, 5.74) is 7.88. The van der Waals surface area contributed by atoms with Gasteiger partial charge in [-0.05, 0) is 36.1 Å². The molecule has 0 heterocycles. The monoisotopic (exact) mass is 382 g/mol. The molecule has 0 aliphatic rings. The minimum atomic E-state index is -0.116. The summed E-state index contributed by atoms with van der Waals surface area (Å²) in [5.74, 6) is 1.20. The summed E-state index contributed by atoms with van der Waals surface area (Å²) in [7, 11) is 4.96. The second kappa shape index (κ2) is 9.44. The van der Waals surface area contributed by atoms with E-state index in [1.807, 2.05) is 24.5 Å². The van der Waals surface area contributed by atoms with Gasteiger partial charge >= 0.3 is 0 Å². The average molecular weight is 383 g/mol. The van der Waals surface area contributed by atoms with Gasteiger partial charge in [-0.15, -0.1) is 24.2 Å². The van der Waals surface area contributed by atoms with E-state index in [4.69, 9.17) is 15.2 Å². The van der Waals surface area contributed by atoms with E-state index in [0.717, 1.165) is 10.5 Å². The van der Waals surface area contributed by atoms with Gasteiger partial charge in [-0.2, -0.15) is 0 Å². The smallest absolute Gasteiger partial charge is 0.255 e. The van der Waals surface area contributed by atoms with Gasteiger partial charge in [-0.3, -0.25) is 4.79 Å². The molecule has 0 aliphatic heterocycles. The molecule has 25 heavy (non-hydrogen) atoms. The number of hydrogen-bond donors (Lipinski definition) is 1. The fourth-order valence-electron chi connectivity index (χ4n) is 2.44. The van der Waals surface area contributed by atoms with Crippen molar-refractivity contribution in [3.05, 3.63) is 47.5 Å². The molecule has 5 nitrogen and oxygen atoms in total. The molecule has 0 saturated carbocycles. The van der Waals surface area contributed by atoms with Crippen molar-refractivity contribution in [1.82, 2.24) is 4.90 Å². The van der Waals surface area contributed by atoms with Crippen LogP contribution in [0.4, 0.5) is 5.69 Å². The van der Waals surface area contributed by atoms with Crippen LogP contribution in [0.2, 0.25) is 0 Å². The lowest BCUT2D eigenvalue weighted by atomic mass is 10.1. The van der Waals surface area contributed by atoms with Gasteiger partial charge in [0.05, 0.1) is 19.8 Å². The van der Waals surface area contributed by atoms with Gasteiger partial charge in [0.2, 0.25) is 0 Å². The lowest BCUT2D eigenvalue weighted by Gasteiger charge is -2.21. The summed E-state index contributed by atoms with van der Waals surface area (Å²) >= 11 is 1.60. The lowest BCUT2D eigenvalue weighted by Crippen LogP contribution is -2.27. The highest BCUT2D eigenvalue weighted by Crippen LogP contribution is 2.35. The summed E-state index contributed by atoms with van der Waals surface area (Å²) in [5, 5.41) is 0. The number of nitrogens with zero attached hydrogens (tertiary/aromatic N) is 1. The van der Waals surface area contributed by atoms with Crippen LogP contribution in [0.15, 0.2) is 41.3 Å². The van der Waals surface area contributed by atoms with Crippen LogP contribution in [0, 0.1) is 0 Å². The minimum absolute atomic E-state index is 0. The molecule has 7 heteroatoms. The molecule has 0 atom stereocenters. The van der Waals surface area contributed by atoms with E-state index in [1.54, 1.807) is 56.1 Å². The molecular formula is C18H23ClN2O3S. The molecule has 136 valence electrons. The number of amides is 1. The molecule has 0 fully saturated rings. The quantitative estimate of drug-likeness (QED) is 0.609. The van der Waals surface area contributed by atoms with E-state index in [-0.39, 0.29) is 18.3 Å². The molecule has 0 aliphatic carbocycles. The Kier molecular flexibility index (Phi) is 7.93. The first-order chi connectivity index (χ1) is 11.5. The zero-order valence-electron chi connectivity index (χ0n) is 14.7. The van der Waals surface area contributed by atoms with E-state index >= 15 is 0 Å². The number of ether oxygens (including phenoxy) is 2. The highest BCUT2D eigenvalue weighted by molar-refractivity contribution is 7.98. The molecule has 2 rings (SSSR count). The van der Waals surface area contributed by atoms with Crippen LogP contribution < -0.4 is 15.2 Å². The number of hydrogen-bond acceptors (Lipinski definition) is 5. The Bertz CT molecular complexity index is 740. The van der Waals surface area contributed by atoms with Crippen LogP contribution in [0.1, 0.15) is 15.9 Å². The number of para-hydroxylation sites is 1. The van der Waals surface area contributed by atoms with E-state index in [1.165, 1.54) is 0 Å². The van der Waals surface area contributed by atoms with E-state index in [2.05, 4.69) is 0 Å². The number of nitrogen functional groups attached to an aromatic ring is 1. The Morgan fingerprint density at radius 2 is 1.76 bits per heavy atom. The molecule has 2 N–H and O–H groups in total. The third kappa shape index (κ3) is 4.74. The number of halogens is 1. The first-order valence-corrected chi connectivity index (χ1v) is 8.63. The fraction of sp³-hybridized carbons (Fsp3) is 0.278. The number of methoxy groups -OCH3 is 2. The molecule has 1 amide bonds. The fourth-order valence-corrected chi connectivity index (χ4v) is 3.05. The zero-order valence-corrected chi connectivity index (χ0v) is 16.4. The topological polar surface area (TPSA) is 64.8 Å². The van der Waals surface area contributed by atoms with Gasteiger partial charge in [0.1, 0.15) is 0 Å². The number of carbonyl (C=O) groups is 1. The Hall–Kier alpha value is -2.05. The predicted octanol–water partition coefficient (Wildman–Crippen LogP) is 3.70. The van der Waals surface area contributed by atoms with Crippen molar-refractivity contribution in [2.24, 2.45) is 0 Å². The third-order valence-corrected chi connectivity index (χ3v) is 4.55. The number of anilines is 1. The maximum atomic E-state index is 12.6. The van der Waals surface area contributed by atoms with Crippen molar-refractivity contribution in [2.75, 3.05) is 33.3 Å². The number of benzene rings is 2. The standard InChI is InChI=1S/C18H22N2O3S.ClH/c1-20(18(21)13-7-5-6-8-14(13)19)11-12-9-15(22-2)16(23-3)10-17(12)24-4;/h5-10H,11,19H2,1-4H3;1H. The normalized spacial score (nSPS) is 9.92. The van der Waals surface area contributed by atoms with Crippen molar-refractivity contribution in [2.45, 2.75) is 11.4 Å². The highest BCUT2D eigenvalue weighted by atomic mass is 35.5. The Morgan fingerprint density at radius 3 is 2.32 bits per heavy atom. The van der Waals surface area contributed by atoms with Gasteiger partial charge in [0, 0.05) is 24.2 Å². The van der Waals surface area contributed by atoms with Crippen molar-refractivity contribution >= 4 is 35.8 Å². The Labute approximate surface area is 158 Å². The van der Waals surface area contributed by atoms with E-state index in [0.29, 0.717) is 29.3 Å². The second-order valence-corrected chi connectivity index (χ2v) is 6.12. The van der Waals surface area contributed by atoms with Gasteiger partial charge in [-0.25, -0.2) is 0 Å². The average Bonchev–Trinajstić information content (AvgIpc) is 2.61. The molecule has 0 bridgehead atoms. The van der Waals surface area contributed by atoms with Gasteiger partial charge < -0.3 is 20.1 Å². The summed E-state index contributed by atoms with van der Waals surface area (Å²) in [6.07, 6.45) is 1.99. The van der Waals surface area contributed by atoms with Crippen molar-refractivity contribution in [1.29, 1.82) is 0 Å². The molecule has 2 aromatic carbocycles. The minimum Gasteiger partial charge on any atom is -0.493 e. The van der Waals surface area contributed by atoms with Gasteiger partial charge in [-0.1, -0.05) is 12.1 Å². The Morgan fingerprint density at radius 1 is 1.16 bits per heavy atom. The van der Waals surface area contributed by atoms with Crippen LogP contribution in [0.25, 0.3) is 0 Å². The van der Waals surface area contributed by atoms with Crippen molar-refractivity contribution in [3.8, 4) is 11.5 Å². The maximum absolute atomic E-state index is 12.6. The van der Waals surface area contributed by atoms with Crippen LogP contribution >= 0.6 is 24.2 Å². The predicted molar refractivity (Wildman–Crippen MR) is 105 cm³/mol. The van der Waals surface area contributed by atoms with Gasteiger partial charge in [0.25, 0.3) is 5.91 Å². The zero-order chi connectivity index (χ0) is 17.7. The second-order valence-electron chi connectivity index (χ2n) is 5.27. The lowest BCUT2D eigenvalue weighted by molar-refractivity contribution is 0.0785. The first kappa shape index (κ1) is 21.0. The summed E-state index contributed by atoms with van der Waals surface area (Å²) in [4.78, 5) is 15.3. The largest absolute Gasteiger partial charge is 0.493 e. The van der Waals surface area contributed by atoms with Crippen LogP contribution in [0.3, 0.4) is 0 Å². The molecule has 2 aromatic rings. The number of thioether (sulfide) groups is 1. The molecule has 0 radical (unpaired) electrons. The third-order valence-electron chi connectivity index (χ3n) is 3.73. The van der Waals surface area contributed by atoms with Crippen LogP contribution in [0.5, 0.6) is 11.5 Å². The van der Waals surface area contributed by atoms with E-state index < -0.39 is 0 Å². The molecular weight excluding hydrogens is 360 g/mol. The number of nitrogens with two attached hydrogens (primary N) is 1. The maximum Gasteiger partial charge on any atom is 0.255 e.